The highest BCUT2D eigenvalue weighted by Crippen LogP contribution is 2.41. The maximum atomic E-state index is 12.9. The van der Waals surface area contributed by atoms with Crippen LogP contribution in [-0.4, -0.2) is 35.8 Å². The standard InChI is InChI=1S/C26H22N2O4/c1-31-17-7-3-15(4-8-17)19-11-13-21(27-19)23-25(29)24(26(23)30)22-14-12-20(28-22)16-5-9-18(32-2)10-6-16/h3-14,23-24,27-28H,1-2H3. The second kappa shape index (κ2) is 7.89. The van der Waals surface area contributed by atoms with Crippen molar-refractivity contribution < 1.29 is 19.1 Å². The molecule has 0 spiro atoms. The molecule has 1 aliphatic carbocycles. The lowest BCUT2D eigenvalue weighted by Gasteiger charge is -2.30. The molecule has 4 aromatic rings. The minimum atomic E-state index is -0.750. The first-order valence-electron chi connectivity index (χ1n) is 10.3. The third-order valence-electron chi connectivity index (χ3n) is 5.98. The van der Waals surface area contributed by atoms with Crippen molar-refractivity contribution in [3.8, 4) is 34.0 Å². The normalized spacial score (nSPS) is 17.8. The number of carbonyl (C=O) groups excluding carboxylic acids is 2. The van der Waals surface area contributed by atoms with Crippen LogP contribution in [0.4, 0.5) is 0 Å². The summed E-state index contributed by atoms with van der Waals surface area (Å²) < 4.78 is 10.4. The van der Waals surface area contributed by atoms with E-state index in [9.17, 15) is 9.59 Å². The number of carbonyl (C=O) groups is 2. The van der Waals surface area contributed by atoms with Crippen LogP contribution >= 0.6 is 0 Å². The van der Waals surface area contributed by atoms with E-state index in [0.29, 0.717) is 11.4 Å². The van der Waals surface area contributed by atoms with Gasteiger partial charge in [-0.2, -0.15) is 0 Å². The van der Waals surface area contributed by atoms with Gasteiger partial charge in [0.2, 0.25) is 0 Å². The first kappa shape index (κ1) is 19.9. The molecule has 0 aliphatic heterocycles. The van der Waals surface area contributed by atoms with Gasteiger partial charge in [-0.05, 0) is 83.9 Å². The van der Waals surface area contributed by atoms with Crippen LogP contribution in [0, 0.1) is 0 Å². The highest BCUT2D eigenvalue weighted by molar-refractivity contribution is 6.30. The van der Waals surface area contributed by atoms with Crippen molar-refractivity contribution in [3.63, 3.8) is 0 Å². The number of methoxy groups -OCH3 is 2. The zero-order valence-electron chi connectivity index (χ0n) is 17.7. The zero-order valence-corrected chi connectivity index (χ0v) is 17.7. The van der Waals surface area contributed by atoms with Gasteiger partial charge < -0.3 is 19.4 Å². The van der Waals surface area contributed by atoms with E-state index in [2.05, 4.69) is 9.97 Å². The van der Waals surface area contributed by atoms with Crippen LogP contribution in [0.1, 0.15) is 23.2 Å². The Kier molecular flexibility index (Phi) is 4.90. The summed E-state index contributed by atoms with van der Waals surface area (Å²) in [6.07, 6.45) is 0. The van der Waals surface area contributed by atoms with Crippen LogP contribution in [0.5, 0.6) is 11.5 Å². The molecular weight excluding hydrogens is 404 g/mol. The predicted molar refractivity (Wildman–Crippen MR) is 121 cm³/mol. The van der Waals surface area contributed by atoms with Gasteiger partial charge in [-0.1, -0.05) is 0 Å². The van der Waals surface area contributed by atoms with Gasteiger partial charge in [0.1, 0.15) is 23.3 Å². The molecule has 32 heavy (non-hydrogen) atoms. The zero-order chi connectivity index (χ0) is 22.2. The molecule has 0 atom stereocenters. The third-order valence-corrected chi connectivity index (χ3v) is 5.98. The van der Waals surface area contributed by atoms with Crippen molar-refractivity contribution >= 4 is 11.6 Å². The van der Waals surface area contributed by atoms with Crippen LogP contribution in [0.3, 0.4) is 0 Å². The minimum absolute atomic E-state index is 0.0961. The maximum absolute atomic E-state index is 12.9. The Morgan fingerprint density at radius 3 is 1.28 bits per heavy atom. The smallest absolute Gasteiger partial charge is 0.165 e. The number of nitrogens with one attached hydrogen (secondary N) is 2. The van der Waals surface area contributed by atoms with E-state index >= 15 is 0 Å². The lowest BCUT2D eigenvalue weighted by molar-refractivity contribution is -0.142. The van der Waals surface area contributed by atoms with Crippen LogP contribution in [0.25, 0.3) is 22.5 Å². The number of hydrogen-bond donors (Lipinski definition) is 2. The number of hydrogen-bond acceptors (Lipinski definition) is 4. The molecule has 0 amide bonds. The fourth-order valence-electron chi connectivity index (χ4n) is 4.17. The molecule has 2 aromatic carbocycles. The van der Waals surface area contributed by atoms with E-state index in [0.717, 1.165) is 34.0 Å². The minimum Gasteiger partial charge on any atom is -0.497 e. The summed E-state index contributed by atoms with van der Waals surface area (Å²) in [6.45, 7) is 0. The monoisotopic (exact) mass is 426 g/mol. The van der Waals surface area contributed by atoms with Gasteiger partial charge in [0.25, 0.3) is 0 Å². The fraction of sp³-hybridized carbons (Fsp3) is 0.154. The number of benzene rings is 2. The predicted octanol–water partition coefficient (Wildman–Crippen LogP) is 4.71. The van der Waals surface area contributed by atoms with Crippen molar-refractivity contribution in [1.82, 2.24) is 9.97 Å². The molecule has 6 heteroatoms. The molecule has 2 aromatic heterocycles. The highest BCUT2D eigenvalue weighted by Gasteiger charge is 2.51. The van der Waals surface area contributed by atoms with E-state index < -0.39 is 11.8 Å². The Morgan fingerprint density at radius 1 is 0.562 bits per heavy atom. The van der Waals surface area contributed by atoms with Crippen LogP contribution in [0.15, 0.2) is 72.8 Å². The molecule has 0 saturated heterocycles. The van der Waals surface area contributed by atoms with Crippen molar-refractivity contribution in [1.29, 1.82) is 0 Å². The molecule has 2 heterocycles. The summed E-state index contributed by atoms with van der Waals surface area (Å²) in [5.74, 6) is -0.151. The van der Waals surface area contributed by atoms with E-state index in [1.807, 2.05) is 72.8 Å². The molecule has 1 aliphatic rings. The molecule has 1 saturated carbocycles. The Bertz CT molecular complexity index is 1170. The number of ether oxygens (including phenoxy) is 2. The highest BCUT2D eigenvalue weighted by atomic mass is 16.5. The quantitative estimate of drug-likeness (QED) is 0.437. The Balaban J connectivity index is 1.33. The van der Waals surface area contributed by atoms with Gasteiger partial charge >= 0.3 is 0 Å². The maximum Gasteiger partial charge on any atom is 0.165 e. The average Bonchev–Trinajstić information content (AvgIpc) is 3.50. The Hall–Kier alpha value is -4.06. The molecular formula is C26H22N2O4. The van der Waals surface area contributed by atoms with E-state index in [-0.39, 0.29) is 11.6 Å². The lowest BCUT2D eigenvalue weighted by Crippen LogP contribution is -2.44. The van der Waals surface area contributed by atoms with Crippen molar-refractivity contribution in [3.05, 3.63) is 84.2 Å². The fourth-order valence-corrected chi connectivity index (χ4v) is 4.17. The van der Waals surface area contributed by atoms with Crippen molar-refractivity contribution in [2.75, 3.05) is 14.2 Å². The van der Waals surface area contributed by atoms with Crippen molar-refractivity contribution in [2.24, 2.45) is 0 Å². The second-order valence-electron chi connectivity index (χ2n) is 7.78. The van der Waals surface area contributed by atoms with Gasteiger partial charge in [-0.15, -0.1) is 0 Å². The SMILES string of the molecule is COc1ccc(-c2ccc(C3C(=O)C(c4ccc(-c5ccc(OC)cc5)[nH]4)C3=O)[nH]2)cc1. The van der Waals surface area contributed by atoms with E-state index in [1.165, 1.54) is 0 Å². The summed E-state index contributed by atoms with van der Waals surface area (Å²) in [7, 11) is 3.24. The molecule has 0 radical (unpaired) electrons. The Morgan fingerprint density at radius 2 is 0.938 bits per heavy atom. The number of H-pyrrole nitrogens is 2. The van der Waals surface area contributed by atoms with Gasteiger partial charge in [0.15, 0.2) is 11.6 Å². The number of rotatable bonds is 6. The largest absolute Gasteiger partial charge is 0.497 e. The van der Waals surface area contributed by atoms with Crippen LogP contribution in [-0.2, 0) is 9.59 Å². The summed E-state index contributed by atoms with van der Waals surface area (Å²) in [6, 6.07) is 22.6. The average molecular weight is 426 g/mol. The number of ketones is 2. The number of Topliss-reactive ketones (excluding diaryl/α,β-unsaturated/α-hetero) is 2. The second-order valence-corrected chi connectivity index (χ2v) is 7.78. The molecule has 5 rings (SSSR count). The van der Waals surface area contributed by atoms with Gasteiger partial charge in [0, 0.05) is 22.8 Å². The van der Waals surface area contributed by atoms with Crippen LogP contribution in [0.2, 0.25) is 0 Å². The molecule has 1 fully saturated rings. The summed E-state index contributed by atoms with van der Waals surface area (Å²) in [5, 5.41) is 0. The molecule has 0 bridgehead atoms. The molecule has 0 unspecified atom stereocenters. The number of aromatic amines is 2. The summed E-state index contributed by atoms with van der Waals surface area (Å²) in [4.78, 5) is 32.4. The van der Waals surface area contributed by atoms with Crippen LogP contribution < -0.4 is 9.47 Å². The summed E-state index contributed by atoms with van der Waals surface area (Å²) in [5.41, 5.74) is 4.89. The first-order chi connectivity index (χ1) is 15.6. The Labute approximate surface area is 185 Å². The first-order valence-corrected chi connectivity index (χ1v) is 10.3. The van der Waals surface area contributed by atoms with Crippen molar-refractivity contribution in [2.45, 2.75) is 11.8 Å². The molecule has 160 valence electrons. The topological polar surface area (TPSA) is 84.2 Å². The van der Waals surface area contributed by atoms with Gasteiger partial charge in [-0.3, -0.25) is 9.59 Å². The van der Waals surface area contributed by atoms with Gasteiger partial charge in [0.05, 0.1) is 14.2 Å². The summed E-state index contributed by atoms with van der Waals surface area (Å²) >= 11 is 0. The number of aromatic nitrogens is 2. The van der Waals surface area contributed by atoms with Gasteiger partial charge in [-0.25, -0.2) is 0 Å². The lowest BCUT2D eigenvalue weighted by atomic mass is 9.69. The van der Waals surface area contributed by atoms with E-state index in [1.54, 1.807) is 14.2 Å². The molecule has 6 nitrogen and oxygen atoms in total. The van der Waals surface area contributed by atoms with E-state index in [4.69, 9.17) is 9.47 Å². The third kappa shape index (κ3) is 3.30. The molecule has 2 N–H and O–H groups in total.